The van der Waals surface area contributed by atoms with Gasteiger partial charge in [-0.3, -0.25) is 9.48 Å². The fraction of sp³-hybridized carbons (Fsp3) is 0.440. The van der Waals surface area contributed by atoms with Crippen LogP contribution in [0.1, 0.15) is 35.5 Å². The van der Waals surface area contributed by atoms with Crippen LogP contribution in [0.25, 0.3) is 11.4 Å². The summed E-state index contributed by atoms with van der Waals surface area (Å²) in [5.74, 6) is 0.483. The molecule has 0 spiro atoms. The largest absolute Gasteiger partial charge is 0.369 e. The highest BCUT2D eigenvalue weighted by Crippen LogP contribution is 2.44. The third-order valence-corrected chi connectivity index (χ3v) is 7.17. The van der Waals surface area contributed by atoms with Gasteiger partial charge in [0.15, 0.2) is 0 Å². The van der Waals surface area contributed by atoms with Crippen molar-refractivity contribution in [3.05, 3.63) is 47.3 Å². The van der Waals surface area contributed by atoms with E-state index >= 15 is 0 Å². The number of hydrogen-bond donors (Lipinski definition) is 2. The number of amides is 1. The Hall–Kier alpha value is -3.46. The lowest BCUT2D eigenvalue weighted by Crippen LogP contribution is -2.44. The van der Waals surface area contributed by atoms with Crippen LogP contribution in [-0.4, -0.2) is 70.3 Å². The van der Waals surface area contributed by atoms with E-state index in [-0.39, 0.29) is 11.3 Å². The standard InChI is InChI=1S/C25H30N8O/c1-25(2)14-16-15-27-24(28-17-4-6-18(7-5-17)32-12-10-31(3)11-13-32)29-20(16)21-19(25)22-23(34)26-8-9-33(22)30-21/h4-7,15H,8-14H2,1-3H3,(H,26,34)(H,27,28,29). The van der Waals surface area contributed by atoms with Crippen LogP contribution in [-0.2, 0) is 18.4 Å². The Balaban J connectivity index is 1.29. The molecule has 2 aliphatic heterocycles. The van der Waals surface area contributed by atoms with Gasteiger partial charge in [0, 0.05) is 55.9 Å². The first-order valence-electron chi connectivity index (χ1n) is 12.0. The highest BCUT2D eigenvalue weighted by atomic mass is 16.2. The molecule has 1 amide bonds. The molecule has 6 rings (SSSR count). The number of fused-ring (bicyclic) bond motifs is 5. The molecular weight excluding hydrogens is 428 g/mol. The molecule has 9 heteroatoms. The summed E-state index contributed by atoms with van der Waals surface area (Å²) in [6.07, 6.45) is 2.66. The number of nitrogens with one attached hydrogen (secondary N) is 2. The van der Waals surface area contributed by atoms with Crippen LogP contribution in [0.15, 0.2) is 30.5 Å². The van der Waals surface area contributed by atoms with Gasteiger partial charge in [0.1, 0.15) is 11.4 Å². The molecule has 176 valence electrons. The Morgan fingerprint density at radius 1 is 1.03 bits per heavy atom. The molecule has 1 aromatic carbocycles. The molecule has 0 atom stereocenters. The molecule has 3 aromatic rings. The maximum absolute atomic E-state index is 12.7. The van der Waals surface area contributed by atoms with Crippen LogP contribution >= 0.6 is 0 Å². The molecule has 3 aliphatic rings. The first-order chi connectivity index (χ1) is 16.4. The second-order valence-corrected chi connectivity index (χ2v) is 10.1. The summed E-state index contributed by atoms with van der Waals surface area (Å²) in [5, 5.41) is 11.1. The maximum atomic E-state index is 12.7. The van der Waals surface area contributed by atoms with E-state index in [1.807, 2.05) is 10.9 Å². The minimum atomic E-state index is -0.220. The molecule has 0 radical (unpaired) electrons. The lowest BCUT2D eigenvalue weighted by Gasteiger charge is -2.34. The Labute approximate surface area is 199 Å². The van der Waals surface area contributed by atoms with Gasteiger partial charge in [0.25, 0.3) is 5.91 Å². The first-order valence-corrected chi connectivity index (χ1v) is 12.0. The minimum absolute atomic E-state index is 0.0515. The molecule has 34 heavy (non-hydrogen) atoms. The third-order valence-electron chi connectivity index (χ3n) is 7.17. The number of piperazine rings is 1. The van der Waals surface area contributed by atoms with Crippen LogP contribution in [0.4, 0.5) is 17.3 Å². The number of carbonyl (C=O) groups excluding carboxylic acids is 1. The number of anilines is 3. The van der Waals surface area contributed by atoms with Gasteiger partial charge in [-0.05, 0) is 48.7 Å². The van der Waals surface area contributed by atoms with Gasteiger partial charge in [-0.1, -0.05) is 13.8 Å². The van der Waals surface area contributed by atoms with Crippen molar-refractivity contribution in [1.29, 1.82) is 0 Å². The van der Waals surface area contributed by atoms with Crippen molar-refractivity contribution < 1.29 is 4.79 Å². The Bertz CT molecular complexity index is 1250. The van der Waals surface area contributed by atoms with Gasteiger partial charge in [-0.15, -0.1) is 0 Å². The number of nitrogens with zero attached hydrogens (tertiary/aromatic N) is 6. The second-order valence-electron chi connectivity index (χ2n) is 10.1. The highest BCUT2D eigenvalue weighted by molar-refractivity contribution is 5.97. The van der Waals surface area contributed by atoms with Gasteiger partial charge >= 0.3 is 0 Å². The lowest BCUT2D eigenvalue weighted by atomic mass is 9.73. The van der Waals surface area contributed by atoms with Crippen molar-refractivity contribution in [3.8, 4) is 11.4 Å². The zero-order valence-electron chi connectivity index (χ0n) is 19.9. The van der Waals surface area contributed by atoms with E-state index in [0.29, 0.717) is 24.7 Å². The third kappa shape index (κ3) is 3.51. The zero-order chi connectivity index (χ0) is 23.4. The van der Waals surface area contributed by atoms with Gasteiger partial charge < -0.3 is 20.4 Å². The predicted octanol–water partition coefficient (Wildman–Crippen LogP) is 2.41. The predicted molar refractivity (Wildman–Crippen MR) is 132 cm³/mol. The average Bonchev–Trinajstić information content (AvgIpc) is 3.23. The van der Waals surface area contributed by atoms with E-state index in [2.05, 4.69) is 70.6 Å². The molecule has 1 aliphatic carbocycles. The maximum Gasteiger partial charge on any atom is 0.269 e. The van der Waals surface area contributed by atoms with E-state index in [1.54, 1.807) is 0 Å². The molecule has 4 heterocycles. The van der Waals surface area contributed by atoms with Crippen molar-refractivity contribution in [2.45, 2.75) is 32.2 Å². The average molecular weight is 459 g/mol. The zero-order valence-corrected chi connectivity index (χ0v) is 19.9. The molecule has 9 nitrogen and oxygen atoms in total. The minimum Gasteiger partial charge on any atom is -0.369 e. The molecule has 0 saturated carbocycles. The van der Waals surface area contributed by atoms with E-state index in [4.69, 9.17) is 10.1 Å². The Kier molecular flexibility index (Phi) is 4.84. The monoisotopic (exact) mass is 458 g/mol. The number of likely N-dealkylation sites (N-methyl/N-ethyl adjacent to an activating group) is 1. The van der Waals surface area contributed by atoms with Gasteiger partial charge in [0.05, 0.1) is 12.2 Å². The van der Waals surface area contributed by atoms with E-state index < -0.39 is 0 Å². The van der Waals surface area contributed by atoms with Crippen molar-refractivity contribution in [3.63, 3.8) is 0 Å². The second kappa shape index (κ2) is 7.80. The summed E-state index contributed by atoms with van der Waals surface area (Å²) >= 11 is 0. The fourth-order valence-electron chi connectivity index (χ4n) is 5.34. The molecule has 2 N–H and O–H groups in total. The topological polar surface area (TPSA) is 91.2 Å². The van der Waals surface area contributed by atoms with Crippen molar-refractivity contribution in [2.24, 2.45) is 0 Å². The molecule has 1 saturated heterocycles. The van der Waals surface area contributed by atoms with Crippen molar-refractivity contribution in [2.75, 3.05) is 50.0 Å². The number of hydrogen-bond acceptors (Lipinski definition) is 7. The molecule has 1 fully saturated rings. The van der Waals surface area contributed by atoms with Crippen LogP contribution in [0.5, 0.6) is 0 Å². The van der Waals surface area contributed by atoms with E-state index in [1.165, 1.54) is 5.69 Å². The van der Waals surface area contributed by atoms with Gasteiger partial charge in [-0.2, -0.15) is 5.10 Å². The fourth-order valence-corrected chi connectivity index (χ4v) is 5.34. The van der Waals surface area contributed by atoms with Crippen molar-refractivity contribution in [1.82, 2.24) is 30.0 Å². The number of aromatic nitrogens is 4. The van der Waals surface area contributed by atoms with E-state index in [9.17, 15) is 4.79 Å². The number of benzene rings is 1. The van der Waals surface area contributed by atoms with Gasteiger partial charge in [0.2, 0.25) is 5.95 Å². The highest BCUT2D eigenvalue weighted by Gasteiger charge is 2.41. The quantitative estimate of drug-likeness (QED) is 0.623. The summed E-state index contributed by atoms with van der Waals surface area (Å²) in [6, 6.07) is 8.44. The van der Waals surface area contributed by atoms with Crippen LogP contribution in [0.3, 0.4) is 0 Å². The number of rotatable bonds is 3. The molecule has 0 unspecified atom stereocenters. The molecule has 2 aromatic heterocycles. The molecule has 0 bridgehead atoms. The lowest BCUT2D eigenvalue weighted by molar-refractivity contribution is 0.0921. The van der Waals surface area contributed by atoms with Crippen LogP contribution in [0, 0.1) is 0 Å². The Morgan fingerprint density at radius 2 is 1.79 bits per heavy atom. The van der Waals surface area contributed by atoms with Crippen molar-refractivity contribution >= 4 is 23.2 Å². The summed E-state index contributed by atoms with van der Waals surface area (Å²) in [7, 11) is 2.17. The summed E-state index contributed by atoms with van der Waals surface area (Å²) in [6.45, 7) is 9.85. The normalized spacial score (nSPS) is 19.1. The van der Waals surface area contributed by atoms with Crippen LogP contribution < -0.4 is 15.5 Å². The first kappa shape index (κ1) is 21.1. The molecular formula is C25H30N8O. The summed E-state index contributed by atoms with van der Waals surface area (Å²) in [4.78, 5) is 26.9. The van der Waals surface area contributed by atoms with Crippen LogP contribution in [0.2, 0.25) is 0 Å². The smallest absolute Gasteiger partial charge is 0.269 e. The Morgan fingerprint density at radius 3 is 2.56 bits per heavy atom. The SMILES string of the molecule is CN1CCN(c2ccc(Nc3ncc4c(n3)-c3nn5c(c3C(C)(C)C4)C(=O)NCC5)cc2)CC1. The number of carbonyl (C=O) groups is 1. The van der Waals surface area contributed by atoms with E-state index in [0.717, 1.165) is 60.8 Å². The summed E-state index contributed by atoms with van der Waals surface area (Å²) in [5.41, 5.74) is 6.29. The summed E-state index contributed by atoms with van der Waals surface area (Å²) < 4.78 is 1.84. The van der Waals surface area contributed by atoms with Gasteiger partial charge in [-0.25, -0.2) is 9.97 Å².